The summed E-state index contributed by atoms with van der Waals surface area (Å²) in [6, 6.07) is 0. The van der Waals surface area contributed by atoms with Crippen LogP contribution in [0.2, 0.25) is 0 Å². The van der Waals surface area contributed by atoms with Gasteiger partial charge in [-0.15, -0.1) is 0 Å². The fraction of sp³-hybridized carbons (Fsp3) is 0.286. The van der Waals surface area contributed by atoms with Crippen molar-refractivity contribution in [2.45, 2.75) is 13.5 Å². The van der Waals surface area contributed by atoms with Gasteiger partial charge in [0.2, 0.25) is 0 Å². The molecular formula is C7H9N5. The van der Waals surface area contributed by atoms with Gasteiger partial charge in [0.05, 0.1) is 6.20 Å². The molecule has 0 aliphatic carbocycles. The molecular weight excluding hydrogens is 154 g/mol. The number of rotatable bonds is 2. The van der Waals surface area contributed by atoms with Gasteiger partial charge in [-0.3, -0.25) is 9.78 Å². The molecule has 0 aromatic carbocycles. The van der Waals surface area contributed by atoms with Gasteiger partial charge in [0.25, 0.3) is 0 Å². The van der Waals surface area contributed by atoms with Gasteiger partial charge in [-0.2, -0.15) is 10.2 Å². The maximum Gasteiger partial charge on any atom is 0.145 e. The summed E-state index contributed by atoms with van der Waals surface area (Å²) in [4.78, 5) is 3.99. The monoisotopic (exact) mass is 163 g/mol. The molecule has 0 fully saturated rings. The van der Waals surface area contributed by atoms with Gasteiger partial charge < -0.3 is 0 Å². The number of H-pyrrole nitrogens is 1. The van der Waals surface area contributed by atoms with Crippen molar-refractivity contribution in [1.82, 2.24) is 25.0 Å². The molecule has 5 nitrogen and oxygen atoms in total. The molecule has 0 unspecified atom stereocenters. The largest absolute Gasteiger partial charge is 0.265 e. The molecule has 0 radical (unpaired) electrons. The third-order valence-corrected chi connectivity index (χ3v) is 1.54. The second-order valence-corrected chi connectivity index (χ2v) is 2.65. The zero-order valence-electron chi connectivity index (χ0n) is 6.73. The molecule has 62 valence electrons. The summed E-state index contributed by atoms with van der Waals surface area (Å²) in [6.45, 7) is 2.65. The molecule has 2 aromatic heterocycles. The lowest BCUT2D eigenvalue weighted by Crippen LogP contribution is -2.01. The fourth-order valence-electron chi connectivity index (χ4n) is 1.01. The fourth-order valence-corrected chi connectivity index (χ4v) is 1.01. The highest BCUT2D eigenvalue weighted by Gasteiger charge is 1.97. The van der Waals surface area contributed by atoms with E-state index in [2.05, 4.69) is 20.3 Å². The second kappa shape index (κ2) is 2.77. The molecule has 0 saturated heterocycles. The Hall–Kier alpha value is -1.65. The minimum Gasteiger partial charge on any atom is -0.265 e. The highest BCUT2D eigenvalue weighted by atomic mass is 15.3. The number of aryl methyl sites for hydroxylation is 1. The minimum atomic E-state index is 0.647. The molecule has 0 saturated carbocycles. The lowest BCUT2D eigenvalue weighted by molar-refractivity contribution is 0.657. The van der Waals surface area contributed by atoms with Gasteiger partial charge in [-0.05, 0) is 12.5 Å². The van der Waals surface area contributed by atoms with Crippen molar-refractivity contribution in [3.8, 4) is 0 Å². The summed E-state index contributed by atoms with van der Waals surface area (Å²) in [5, 5.41) is 10.6. The first-order valence-electron chi connectivity index (χ1n) is 3.68. The molecule has 1 N–H and O–H groups in total. The van der Waals surface area contributed by atoms with Crippen molar-refractivity contribution in [1.29, 1.82) is 0 Å². The van der Waals surface area contributed by atoms with Crippen LogP contribution in [0.1, 0.15) is 11.4 Å². The maximum atomic E-state index is 4.12. The second-order valence-electron chi connectivity index (χ2n) is 2.65. The zero-order chi connectivity index (χ0) is 8.39. The van der Waals surface area contributed by atoms with E-state index in [0.29, 0.717) is 6.54 Å². The molecule has 0 aliphatic rings. The van der Waals surface area contributed by atoms with Gasteiger partial charge >= 0.3 is 0 Å². The van der Waals surface area contributed by atoms with Crippen LogP contribution in [-0.4, -0.2) is 25.0 Å². The van der Waals surface area contributed by atoms with E-state index >= 15 is 0 Å². The number of nitrogens with one attached hydrogen (secondary N) is 1. The quantitative estimate of drug-likeness (QED) is 0.695. The molecule has 2 heterocycles. The number of hydrogen-bond acceptors (Lipinski definition) is 3. The highest BCUT2D eigenvalue weighted by molar-refractivity contribution is 5.00. The van der Waals surface area contributed by atoms with Gasteiger partial charge in [-0.1, -0.05) is 0 Å². The van der Waals surface area contributed by atoms with Crippen molar-refractivity contribution < 1.29 is 0 Å². The summed E-state index contributed by atoms with van der Waals surface area (Å²) < 4.78 is 1.82. The molecule has 0 atom stereocenters. The van der Waals surface area contributed by atoms with Crippen LogP contribution in [-0.2, 0) is 6.54 Å². The van der Waals surface area contributed by atoms with E-state index in [-0.39, 0.29) is 0 Å². The van der Waals surface area contributed by atoms with Crippen LogP contribution in [0.15, 0.2) is 18.7 Å². The predicted molar refractivity (Wildman–Crippen MR) is 42.4 cm³/mol. The Kier molecular flexibility index (Phi) is 1.62. The molecule has 0 aliphatic heterocycles. The summed E-state index contributed by atoms with van der Waals surface area (Å²) >= 11 is 0. The first-order valence-corrected chi connectivity index (χ1v) is 3.68. The minimum absolute atomic E-state index is 0.647. The van der Waals surface area contributed by atoms with Crippen LogP contribution in [0.25, 0.3) is 0 Å². The van der Waals surface area contributed by atoms with E-state index in [1.165, 1.54) is 6.33 Å². The third-order valence-electron chi connectivity index (χ3n) is 1.54. The SMILES string of the molecule is Cc1cnn(Cc2ncn[nH]2)c1. The van der Waals surface area contributed by atoms with Crippen LogP contribution < -0.4 is 0 Å². The van der Waals surface area contributed by atoms with E-state index in [4.69, 9.17) is 0 Å². The van der Waals surface area contributed by atoms with Gasteiger partial charge in [0.15, 0.2) is 0 Å². The molecule has 12 heavy (non-hydrogen) atoms. The van der Waals surface area contributed by atoms with E-state index in [9.17, 15) is 0 Å². The van der Waals surface area contributed by atoms with E-state index in [1.807, 2.05) is 24.0 Å². The van der Waals surface area contributed by atoms with Crippen molar-refractivity contribution >= 4 is 0 Å². The van der Waals surface area contributed by atoms with Gasteiger partial charge in [0, 0.05) is 6.20 Å². The van der Waals surface area contributed by atoms with Crippen LogP contribution in [0.5, 0.6) is 0 Å². The van der Waals surface area contributed by atoms with Crippen molar-refractivity contribution in [3.05, 3.63) is 30.1 Å². The molecule has 2 rings (SSSR count). The Morgan fingerprint density at radius 1 is 1.58 bits per heavy atom. The smallest absolute Gasteiger partial charge is 0.145 e. The average molecular weight is 163 g/mol. The topological polar surface area (TPSA) is 59.4 Å². The number of aromatic amines is 1. The van der Waals surface area contributed by atoms with E-state index < -0.39 is 0 Å². The lowest BCUT2D eigenvalue weighted by atomic mass is 10.4. The predicted octanol–water partition coefficient (Wildman–Crippen LogP) is 0.358. The first-order chi connectivity index (χ1) is 5.84. The Bertz CT molecular complexity index is 348. The number of nitrogens with zero attached hydrogens (tertiary/aromatic N) is 4. The summed E-state index contributed by atoms with van der Waals surface area (Å²) in [7, 11) is 0. The average Bonchev–Trinajstić information content (AvgIpc) is 2.63. The zero-order valence-corrected chi connectivity index (χ0v) is 6.73. The standard InChI is InChI=1S/C7H9N5/c1-6-2-10-12(3-6)4-7-8-5-9-11-7/h2-3,5H,4H2,1H3,(H,8,9,11). The summed E-state index contributed by atoms with van der Waals surface area (Å²) in [6.07, 6.45) is 5.27. The Morgan fingerprint density at radius 2 is 2.50 bits per heavy atom. The Balaban J connectivity index is 2.14. The van der Waals surface area contributed by atoms with Crippen molar-refractivity contribution in [3.63, 3.8) is 0 Å². The highest BCUT2D eigenvalue weighted by Crippen LogP contribution is 1.96. The van der Waals surface area contributed by atoms with E-state index in [0.717, 1.165) is 11.4 Å². The normalized spacial score (nSPS) is 10.4. The lowest BCUT2D eigenvalue weighted by Gasteiger charge is -1.94. The summed E-state index contributed by atoms with van der Waals surface area (Å²) in [5.41, 5.74) is 1.15. The van der Waals surface area contributed by atoms with Crippen LogP contribution in [0, 0.1) is 6.92 Å². The van der Waals surface area contributed by atoms with E-state index in [1.54, 1.807) is 0 Å². The van der Waals surface area contributed by atoms with Crippen molar-refractivity contribution in [2.75, 3.05) is 0 Å². The van der Waals surface area contributed by atoms with Crippen LogP contribution in [0.3, 0.4) is 0 Å². The molecule has 0 bridgehead atoms. The molecule has 0 amide bonds. The first kappa shape index (κ1) is 7.02. The number of hydrogen-bond donors (Lipinski definition) is 1. The maximum absolute atomic E-state index is 4.12. The molecule has 0 spiro atoms. The molecule has 2 aromatic rings. The Morgan fingerprint density at radius 3 is 3.08 bits per heavy atom. The van der Waals surface area contributed by atoms with Gasteiger partial charge in [-0.25, -0.2) is 4.98 Å². The summed E-state index contributed by atoms with van der Waals surface area (Å²) in [5.74, 6) is 0.818. The number of aromatic nitrogens is 5. The molecule has 5 heteroatoms. The van der Waals surface area contributed by atoms with Crippen molar-refractivity contribution in [2.24, 2.45) is 0 Å². The van der Waals surface area contributed by atoms with Crippen LogP contribution >= 0.6 is 0 Å². The van der Waals surface area contributed by atoms with Gasteiger partial charge in [0.1, 0.15) is 18.7 Å². The van der Waals surface area contributed by atoms with Crippen LogP contribution in [0.4, 0.5) is 0 Å². The Labute approximate surface area is 69.4 Å². The third kappa shape index (κ3) is 1.34.